The molecule has 1 aromatic heterocycles. The highest BCUT2D eigenvalue weighted by atomic mass is 19.4. The largest absolute Gasteiger partial charge is 0.438 e. The SMILES string of the molecule is CCOOCCc1ccc(-c2ccc(C(CC)(CC)c3ccc(C#CC(OCOC)(C(F)(F)F)C(F)(F)F)c(C)c3)cc2C)nc1. The van der Waals surface area contributed by atoms with Gasteiger partial charge in [0.25, 0.3) is 0 Å². The Morgan fingerprint density at radius 3 is 1.91 bits per heavy atom. The van der Waals surface area contributed by atoms with Crippen molar-refractivity contribution in [1.29, 1.82) is 0 Å². The van der Waals surface area contributed by atoms with Crippen molar-refractivity contribution in [3.8, 4) is 23.1 Å². The predicted molar refractivity (Wildman–Crippen MR) is 163 cm³/mol. The van der Waals surface area contributed by atoms with Gasteiger partial charge in [-0.2, -0.15) is 26.3 Å². The lowest BCUT2D eigenvalue weighted by Gasteiger charge is -2.34. The van der Waals surface area contributed by atoms with Gasteiger partial charge in [0, 0.05) is 36.3 Å². The standard InChI is InChI=1S/C35H39F6NO4/c1-7-32(8-2,29-13-14-30(25(5)21-29)31-15-10-26(22-42-31)17-19-46-45-9-3)28-12-11-27(24(4)20-28)16-18-33(34(36,37)38,35(39,40)41)44-23-43-6/h10-15,20-22H,7-9,17,19,23H2,1-6H3. The Kier molecular flexibility index (Phi) is 12.4. The number of alkyl halides is 6. The van der Waals surface area contributed by atoms with E-state index in [-0.39, 0.29) is 5.56 Å². The van der Waals surface area contributed by atoms with Gasteiger partial charge in [0.2, 0.25) is 0 Å². The molecule has 0 bridgehead atoms. The summed E-state index contributed by atoms with van der Waals surface area (Å²) in [4.78, 5) is 14.6. The average molecular weight is 652 g/mol. The summed E-state index contributed by atoms with van der Waals surface area (Å²) in [5.74, 6) is 3.45. The molecule has 46 heavy (non-hydrogen) atoms. The Morgan fingerprint density at radius 2 is 1.41 bits per heavy atom. The second-order valence-corrected chi connectivity index (χ2v) is 10.9. The van der Waals surface area contributed by atoms with Crippen LogP contribution in [0.15, 0.2) is 54.7 Å². The molecule has 0 radical (unpaired) electrons. The van der Waals surface area contributed by atoms with Crippen molar-refractivity contribution in [3.05, 3.63) is 88.1 Å². The number of hydrogen-bond acceptors (Lipinski definition) is 5. The number of pyridine rings is 1. The van der Waals surface area contributed by atoms with E-state index in [1.165, 1.54) is 12.0 Å². The van der Waals surface area contributed by atoms with Gasteiger partial charge in [-0.05, 0) is 79.5 Å². The van der Waals surface area contributed by atoms with E-state index in [4.69, 9.17) is 9.78 Å². The predicted octanol–water partition coefficient (Wildman–Crippen LogP) is 8.82. The van der Waals surface area contributed by atoms with Crippen molar-refractivity contribution in [2.75, 3.05) is 27.1 Å². The Hall–Kier alpha value is -3.43. The van der Waals surface area contributed by atoms with Gasteiger partial charge in [0.05, 0.1) is 18.9 Å². The first-order chi connectivity index (χ1) is 21.7. The van der Waals surface area contributed by atoms with Crippen LogP contribution in [-0.2, 0) is 31.1 Å². The summed E-state index contributed by atoms with van der Waals surface area (Å²) in [6.07, 6.45) is -7.85. The Morgan fingerprint density at radius 1 is 0.783 bits per heavy atom. The van der Waals surface area contributed by atoms with Crippen LogP contribution in [0, 0.1) is 25.7 Å². The van der Waals surface area contributed by atoms with Crippen LogP contribution >= 0.6 is 0 Å². The summed E-state index contributed by atoms with van der Waals surface area (Å²) in [7, 11) is 0.924. The fraction of sp³-hybridized carbons (Fsp3) is 0.457. The zero-order chi connectivity index (χ0) is 34.2. The van der Waals surface area contributed by atoms with Crippen molar-refractivity contribution < 1.29 is 45.6 Å². The molecule has 0 atom stereocenters. The molecule has 0 N–H and O–H groups in total. The lowest BCUT2D eigenvalue weighted by atomic mass is 9.69. The van der Waals surface area contributed by atoms with Crippen molar-refractivity contribution in [2.45, 2.75) is 77.2 Å². The number of nitrogens with zero attached hydrogens (tertiary/aromatic N) is 1. The number of benzene rings is 2. The average Bonchev–Trinajstić information content (AvgIpc) is 3.00. The van der Waals surface area contributed by atoms with Gasteiger partial charge in [-0.25, -0.2) is 9.78 Å². The molecule has 2 aromatic carbocycles. The van der Waals surface area contributed by atoms with Gasteiger partial charge in [-0.15, -0.1) is 0 Å². The fourth-order valence-corrected chi connectivity index (χ4v) is 5.42. The lowest BCUT2D eigenvalue weighted by Crippen LogP contribution is -2.58. The van der Waals surface area contributed by atoms with E-state index in [9.17, 15) is 26.3 Å². The number of halogens is 6. The van der Waals surface area contributed by atoms with Crippen LogP contribution in [0.5, 0.6) is 0 Å². The molecule has 0 fully saturated rings. The first kappa shape index (κ1) is 37.0. The molecule has 0 unspecified atom stereocenters. The number of aromatic nitrogens is 1. The van der Waals surface area contributed by atoms with Gasteiger partial charge >= 0.3 is 18.0 Å². The van der Waals surface area contributed by atoms with Gasteiger partial charge in [0.1, 0.15) is 6.79 Å². The van der Waals surface area contributed by atoms with Crippen molar-refractivity contribution in [1.82, 2.24) is 4.98 Å². The van der Waals surface area contributed by atoms with E-state index in [0.29, 0.717) is 38.0 Å². The van der Waals surface area contributed by atoms with Gasteiger partial charge in [0.15, 0.2) is 0 Å². The van der Waals surface area contributed by atoms with Crippen molar-refractivity contribution >= 4 is 0 Å². The first-order valence-electron chi connectivity index (χ1n) is 14.9. The third-order valence-corrected chi connectivity index (χ3v) is 8.11. The van der Waals surface area contributed by atoms with E-state index in [2.05, 4.69) is 26.4 Å². The molecule has 0 aliphatic rings. The third-order valence-electron chi connectivity index (χ3n) is 8.11. The topological polar surface area (TPSA) is 49.8 Å². The second kappa shape index (κ2) is 15.4. The highest BCUT2D eigenvalue weighted by Gasteiger charge is 2.72. The lowest BCUT2D eigenvalue weighted by molar-refractivity contribution is -0.368. The monoisotopic (exact) mass is 651 g/mol. The van der Waals surface area contributed by atoms with Crippen molar-refractivity contribution in [2.24, 2.45) is 0 Å². The van der Waals surface area contributed by atoms with Crippen LogP contribution in [0.2, 0.25) is 0 Å². The maximum atomic E-state index is 13.7. The summed E-state index contributed by atoms with van der Waals surface area (Å²) in [5.41, 5.74) is 1.000. The Bertz CT molecular complexity index is 1490. The number of methoxy groups -OCH3 is 1. The molecule has 0 aliphatic heterocycles. The first-order valence-corrected chi connectivity index (χ1v) is 14.9. The molecule has 0 aliphatic carbocycles. The molecule has 11 heteroatoms. The normalized spacial score (nSPS) is 12.6. The molecule has 3 aromatic rings. The Labute approximate surface area is 266 Å². The van der Waals surface area contributed by atoms with Crippen LogP contribution < -0.4 is 0 Å². The maximum Gasteiger partial charge on any atom is 0.438 e. The second-order valence-electron chi connectivity index (χ2n) is 10.9. The molecule has 0 saturated carbocycles. The highest BCUT2D eigenvalue weighted by Crippen LogP contribution is 2.46. The van der Waals surface area contributed by atoms with E-state index >= 15 is 0 Å². The van der Waals surface area contributed by atoms with Crippen LogP contribution in [0.3, 0.4) is 0 Å². The summed E-state index contributed by atoms with van der Waals surface area (Å²) < 4.78 is 90.9. The van der Waals surface area contributed by atoms with E-state index in [1.54, 1.807) is 19.1 Å². The van der Waals surface area contributed by atoms with E-state index in [0.717, 1.165) is 40.6 Å². The minimum atomic E-state index is -5.86. The van der Waals surface area contributed by atoms with Crippen LogP contribution in [0.1, 0.15) is 67.0 Å². The minimum absolute atomic E-state index is 0.0225. The molecule has 250 valence electrons. The summed E-state index contributed by atoms with van der Waals surface area (Å²) in [5, 5.41) is 0. The zero-order valence-corrected chi connectivity index (χ0v) is 26.8. The third kappa shape index (κ3) is 7.92. The number of hydrogen-bond donors (Lipinski definition) is 0. The van der Waals surface area contributed by atoms with Crippen LogP contribution in [0.25, 0.3) is 11.3 Å². The van der Waals surface area contributed by atoms with Crippen LogP contribution in [0.4, 0.5) is 26.3 Å². The van der Waals surface area contributed by atoms with Crippen molar-refractivity contribution in [3.63, 3.8) is 0 Å². The van der Waals surface area contributed by atoms with Crippen LogP contribution in [-0.4, -0.2) is 50.1 Å². The smallest absolute Gasteiger partial charge is 0.359 e. The van der Waals surface area contributed by atoms with Gasteiger partial charge in [-0.3, -0.25) is 4.98 Å². The number of rotatable bonds is 13. The molecule has 3 rings (SSSR count). The molecule has 5 nitrogen and oxygen atoms in total. The summed E-state index contributed by atoms with van der Waals surface area (Å²) in [6.45, 7) is 9.20. The zero-order valence-electron chi connectivity index (χ0n) is 26.8. The highest BCUT2D eigenvalue weighted by molar-refractivity contribution is 5.65. The molecular weight excluding hydrogens is 612 g/mol. The summed E-state index contributed by atoms with van der Waals surface area (Å²) >= 11 is 0. The molecule has 0 spiro atoms. The van der Waals surface area contributed by atoms with E-state index in [1.807, 2.05) is 58.2 Å². The minimum Gasteiger partial charge on any atom is -0.359 e. The van der Waals surface area contributed by atoms with E-state index < -0.39 is 30.2 Å². The quantitative estimate of drug-likeness (QED) is 0.0462. The maximum absolute atomic E-state index is 13.7. The summed E-state index contributed by atoms with van der Waals surface area (Å²) in [6, 6.07) is 15.1. The number of aryl methyl sites for hydroxylation is 2. The number of ether oxygens (including phenoxy) is 2. The molecule has 0 saturated heterocycles. The molecule has 1 heterocycles. The fourth-order valence-electron chi connectivity index (χ4n) is 5.42. The van der Waals surface area contributed by atoms with Gasteiger partial charge in [-0.1, -0.05) is 56.2 Å². The Balaban J connectivity index is 1.97. The molecule has 0 amide bonds. The molecular formula is C35H39F6NO4. The van der Waals surface area contributed by atoms with Gasteiger partial charge < -0.3 is 9.47 Å².